The van der Waals surface area contributed by atoms with Crippen LogP contribution >= 0.6 is 0 Å². The molecule has 108 valence electrons. The summed E-state index contributed by atoms with van der Waals surface area (Å²) in [5.41, 5.74) is 0. The molecule has 0 radical (unpaired) electrons. The topological polar surface area (TPSA) is 90.2 Å². The van der Waals surface area contributed by atoms with Gasteiger partial charge in [-0.15, -0.1) is 0 Å². The van der Waals surface area contributed by atoms with Crippen LogP contribution in [0.4, 0.5) is 0 Å². The standard InChI is InChI=1S/C13H26O5/c14-7-8-18-13(17)4-2-1-3-10-5-6-11(15)9-12(10)16/h10-17H,1-9H2/t10?,11?,12-,13?/m1/s1. The molecule has 4 N–H and O–H groups in total. The summed E-state index contributed by atoms with van der Waals surface area (Å²) in [6.07, 6.45) is 3.91. The first-order chi connectivity index (χ1) is 8.63. The van der Waals surface area contributed by atoms with Crippen LogP contribution in [0.3, 0.4) is 0 Å². The summed E-state index contributed by atoms with van der Waals surface area (Å²) in [4.78, 5) is 0. The molecule has 0 amide bonds. The molecule has 0 saturated heterocycles. The third-order valence-electron chi connectivity index (χ3n) is 3.61. The SMILES string of the molecule is OCCOC(O)CCCCC1CCC(O)C[C@H]1O. The van der Waals surface area contributed by atoms with E-state index in [1.165, 1.54) is 0 Å². The third kappa shape index (κ3) is 6.11. The van der Waals surface area contributed by atoms with Crippen molar-refractivity contribution in [1.82, 2.24) is 0 Å². The van der Waals surface area contributed by atoms with Crippen LogP contribution in [0.5, 0.6) is 0 Å². The minimum Gasteiger partial charge on any atom is -0.394 e. The molecular weight excluding hydrogens is 236 g/mol. The Morgan fingerprint density at radius 3 is 2.61 bits per heavy atom. The fraction of sp³-hybridized carbons (Fsp3) is 1.00. The molecule has 1 aliphatic carbocycles. The zero-order chi connectivity index (χ0) is 13.4. The van der Waals surface area contributed by atoms with E-state index in [2.05, 4.69) is 0 Å². The molecule has 1 fully saturated rings. The van der Waals surface area contributed by atoms with Crippen molar-refractivity contribution in [2.75, 3.05) is 13.2 Å². The Hall–Kier alpha value is -0.200. The second kappa shape index (κ2) is 8.82. The van der Waals surface area contributed by atoms with Gasteiger partial charge >= 0.3 is 0 Å². The lowest BCUT2D eigenvalue weighted by molar-refractivity contribution is -0.111. The predicted molar refractivity (Wildman–Crippen MR) is 66.9 cm³/mol. The monoisotopic (exact) mass is 262 g/mol. The fourth-order valence-electron chi connectivity index (χ4n) is 2.52. The molecule has 4 atom stereocenters. The second-order valence-corrected chi connectivity index (χ2v) is 5.13. The molecule has 0 aliphatic heterocycles. The van der Waals surface area contributed by atoms with Gasteiger partial charge in [0.2, 0.25) is 0 Å². The van der Waals surface area contributed by atoms with Gasteiger partial charge in [-0.25, -0.2) is 0 Å². The van der Waals surface area contributed by atoms with Gasteiger partial charge in [0.1, 0.15) is 0 Å². The molecule has 1 aliphatic rings. The van der Waals surface area contributed by atoms with Crippen LogP contribution in [0.15, 0.2) is 0 Å². The summed E-state index contributed by atoms with van der Waals surface area (Å²) in [5.74, 6) is 0.281. The van der Waals surface area contributed by atoms with Crippen molar-refractivity contribution in [1.29, 1.82) is 0 Å². The molecule has 0 bridgehead atoms. The van der Waals surface area contributed by atoms with E-state index >= 15 is 0 Å². The summed E-state index contributed by atoms with van der Waals surface area (Å²) in [7, 11) is 0. The summed E-state index contributed by atoms with van der Waals surface area (Å²) in [5, 5.41) is 37.1. The van der Waals surface area contributed by atoms with Crippen molar-refractivity contribution < 1.29 is 25.2 Å². The van der Waals surface area contributed by atoms with Gasteiger partial charge in [-0.05, 0) is 44.4 Å². The van der Waals surface area contributed by atoms with E-state index in [1.807, 2.05) is 0 Å². The Bertz CT molecular complexity index is 212. The highest BCUT2D eigenvalue weighted by atomic mass is 16.6. The molecule has 18 heavy (non-hydrogen) atoms. The van der Waals surface area contributed by atoms with Crippen LogP contribution in [-0.4, -0.2) is 52.1 Å². The predicted octanol–water partition coefficient (Wildman–Crippen LogP) is 0.396. The Kier molecular flexibility index (Phi) is 7.77. The van der Waals surface area contributed by atoms with Crippen molar-refractivity contribution in [3.63, 3.8) is 0 Å². The molecule has 3 unspecified atom stereocenters. The fourth-order valence-corrected chi connectivity index (χ4v) is 2.52. The quantitative estimate of drug-likeness (QED) is 0.375. The van der Waals surface area contributed by atoms with Gasteiger partial charge in [0.15, 0.2) is 6.29 Å². The lowest BCUT2D eigenvalue weighted by Crippen LogP contribution is -2.31. The number of ether oxygens (including phenoxy) is 1. The largest absolute Gasteiger partial charge is 0.394 e. The van der Waals surface area contributed by atoms with Gasteiger partial charge in [-0.2, -0.15) is 0 Å². The van der Waals surface area contributed by atoms with Crippen molar-refractivity contribution in [3.8, 4) is 0 Å². The zero-order valence-corrected chi connectivity index (χ0v) is 10.9. The molecule has 5 nitrogen and oxygen atoms in total. The molecule has 0 heterocycles. The normalized spacial score (nSPS) is 30.3. The Morgan fingerprint density at radius 1 is 1.17 bits per heavy atom. The number of aliphatic hydroxyl groups is 4. The van der Waals surface area contributed by atoms with E-state index in [4.69, 9.17) is 9.84 Å². The first kappa shape index (κ1) is 15.9. The van der Waals surface area contributed by atoms with Crippen LogP contribution in [0, 0.1) is 5.92 Å². The van der Waals surface area contributed by atoms with Crippen LogP contribution in [0.1, 0.15) is 44.9 Å². The molecule has 0 spiro atoms. The average Bonchev–Trinajstić information content (AvgIpc) is 2.34. The van der Waals surface area contributed by atoms with E-state index in [0.29, 0.717) is 12.8 Å². The summed E-state index contributed by atoms with van der Waals surface area (Å²) < 4.78 is 4.94. The maximum Gasteiger partial charge on any atom is 0.154 e. The maximum atomic E-state index is 9.80. The smallest absolute Gasteiger partial charge is 0.154 e. The molecule has 0 aromatic carbocycles. The van der Waals surface area contributed by atoms with Gasteiger partial charge in [0.25, 0.3) is 0 Å². The van der Waals surface area contributed by atoms with E-state index in [9.17, 15) is 15.3 Å². The molecule has 0 aromatic rings. The second-order valence-electron chi connectivity index (χ2n) is 5.13. The molecule has 0 aromatic heterocycles. The number of aliphatic hydroxyl groups excluding tert-OH is 4. The van der Waals surface area contributed by atoms with Crippen molar-refractivity contribution >= 4 is 0 Å². The highest BCUT2D eigenvalue weighted by molar-refractivity contribution is 4.79. The molecule has 1 saturated carbocycles. The number of unbranched alkanes of at least 4 members (excludes halogenated alkanes) is 1. The van der Waals surface area contributed by atoms with Gasteiger partial charge in [0, 0.05) is 0 Å². The Labute approximate surface area is 108 Å². The maximum absolute atomic E-state index is 9.80. The number of rotatable bonds is 8. The highest BCUT2D eigenvalue weighted by Crippen LogP contribution is 2.29. The third-order valence-corrected chi connectivity index (χ3v) is 3.61. The van der Waals surface area contributed by atoms with Gasteiger partial charge in [-0.3, -0.25) is 0 Å². The van der Waals surface area contributed by atoms with Crippen molar-refractivity contribution in [3.05, 3.63) is 0 Å². The zero-order valence-electron chi connectivity index (χ0n) is 10.9. The minimum absolute atomic E-state index is 0.0757. The molecule has 1 rings (SSSR count). The van der Waals surface area contributed by atoms with E-state index < -0.39 is 6.29 Å². The van der Waals surface area contributed by atoms with Crippen LogP contribution in [0.25, 0.3) is 0 Å². The summed E-state index contributed by atoms with van der Waals surface area (Å²) in [6, 6.07) is 0. The van der Waals surface area contributed by atoms with E-state index in [1.54, 1.807) is 0 Å². The highest BCUT2D eigenvalue weighted by Gasteiger charge is 2.27. The lowest BCUT2D eigenvalue weighted by atomic mass is 9.82. The average molecular weight is 262 g/mol. The van der Waals surface area contributed by atoms with Gasteiger partial charge in [0.05, 0.1) is 25.4 Å². The Balaban J connectivity index is 2.03. The summed E-state index contributed by atoms with van der Waals surface area (Å²) in [6.45, 7) is 0.0913. The Morgan fingerprint density at radius 2 is 1.94 bits per heavy atom. The van der Waals surface area contributed by atoms with Crippen molar-refractivity contribution in [2.45, 2.75) is 63.4 Å². The van der Waals surface area contributed by atoms with Gasteiger partial charge in [-0.1, -0.05) is 6.42 Å². The van der Waals surface area contributed by atoms with Crippen molar-refractivity contribution in [2.24, 2.45) is 5.92 Å². The van der Waals surface area contributed by atoms with Crippen LogP contribution in [0.2, 0.25) is 0 Å². The van der Waals surface area contributed by atoms with Gasteiger partial charge < -0.3 is 25.2 Å². The molecule has 5 heteroatoms. The number of hydrogen-bond acceptors (Lipinski definition) is 5. The lowest BCUT2D eigenvalue weighted by Gasteiger charge is -2.30. The van der Waals surface area contributed by atoms with Crippen LogP contribution in [-0.2, 0) is 4.74 Å². The van der Waals surface area contributed by atoms with E-state index in [-0.39, 0.29) is 31.3 Å². The molecular formula is C13H26O5. The number of hydrogen-bond donors (Lipinski definition) is 4. The first-order valence-electron chi connectivity index (χ1n) is 6.90. The summed E-state index contributed by atoms with van der Waals surface area (Å²) >= 11 is 0. The van der Waals surface area contributed by atoms with Crippen LogP contribution < -0.4 is 0 Å². The minimum atomic E-state index is -0.796. The first-order valence-corrected chi connectivity index (χ1v) is 6.90. The van der Waals surface area contributed by atoms with E-state index in [0.717, 1.165) is 32.1 Å².